The van der Waals surface area contributed by atoms with Crippen molar-refractivity contribution in [1.82, 2.24) is 0 Å². The largest absolute Gasteiger partial charge is 0.497 e. The van der Waals surface area contributed by atoms with E-state index in [0.717, 1.165) is 0 Å². The minimum absolute atomic E-state index is 0.0376. The third kappa shape index (κ3) is 4.21. The first-order valence-electron chi connectivity index (χ1n) is 10.3. The number of imide groups is 1. The van der Waals surface area contributed by atoms with Crippen LogP contribution in [-0.4, -0.2) is 25.0 Å². The number of benzene rings is 3. The Kier molecular flexibility index (Phi) is 5.94. The number of methoxy groups -OCH3 is 1. The molecule has 3 aromatic carbocycles. The van der Waals surface area contributed by atoms with E-state index in [1.807, 2.05) is 19.9 Å². The van der Waals surface area contributed by atoms with Gasteiger partial charge in [0.2, 0.25) is 0 Å². The minimum Gasteiger partial charge on any atom is -0.497 e. The topological polar surface area (TPSA) is 67.9 Å². The molecule has 0 aromatic heterocycles. The normalized spacial score (nSPS) is 13.7. The molecular weight excluding hydrogens is 404 g/mol. The molecule has 162 valence electrons. The molecule has 1 heterocycles. The van der Waals surface area contributed by atoms with Crippen molar-refractivity contribution >= 4 is 28.8 Å². The van der Waals surface area contributed by atoms with Gasteiger partial charge in [0, 0.05) is 5.69 Å². The molecule has 6 nitrogen and oxygen atoms in total. The summed E-state index contributed by atoms with van der Waals surface area (Å²) in [7, 11) is 1.59. The molecule has 0 saturated heterocycles. The maximum Gasteiger partial charge on any atom is 0.282 e. The van der Waals surface area contributed by atoms with E-state index in [2.05, 4.69) is 5.32 Å². The molecular formula is C26H24N2O4. The highest BCUT2D eigenvalue weighted by molar-refractivity contribution is 6.46. The zero-order chi connectivity index (χ0) is 22.7. The van der Waals surface area contributed by atoms with Gasteiger partial charge in [-0.25, -0.2) is 4.90 Å². The lowest BCUT2D eigenvalue weighted by atomic mass is 10.0. The molecule has 0 spiro atoms. The molecule has 1 aliphatic rings. The van der Waals surface area contributed by atoms with Gasteiger partial charge in [-0.1, -0.05) is 30.3 Å². The van der Waals surface area contributed by atoms with Crippen molar-refractivity contribution in [1.29, 1.82) is 0 Å². The Labute approximate surface area is 187 Å². The van der Waals surface area contributed by atoms with Crippen LogP contribution in [0.5, 0.6) is 11.5 Å². The number of nitrogens with one attached hydrogen (secondary N) is 1. The van der Waals surface area contributed by atoms with Gasteiger partial charge < -0.3 is 14.8 Å². The van der Waals surface area contributed by atoms with Crippen molar-refractivity contribution < 1.29 is 19.1 Å². The smallest absolute Gasteiger partial charge is 0.282 e. The number of para-hydroxylation sites is 1. The number of nitrogens with zero attached hydrogens (tertiary/aromatic N) is 1. The lowest BCUT2D eigenvalue weighted by Crippen LogP contribution is -2.32. The molecule has 0 saturated carbocycles. The van der Waals surface area contributed by atoms with E-state index in [9.17, 15) is 9.59 Å². The minimum atomic E-state index is -0.408. The van der Waals surface area contributed by atoms with Gasteiger partial charge in [0.1, 0.15) is 17.2 Å². The fourth-order valence-corrected chi connectivity index (χ4v) is 3.52. The Morgan fingerprint density at radius 3 is 2.00 bits per heavy atom. The zero-order valence-electron chi connectivity index (χ0n) is 18.2. The van der Waals surface area contributed by atoms with Gasteiger partial charge in [0.15, 0.2) is 0 Å². The number of ether oxygens (including phenoxy) is 2. The quantitative estimate of drug-likeness (QED) is 0.544. The Morgan fingerprint density at radius 2 is 1.41 bits per heavy atom. The number of hydrogen-bond donors (Lipinski definition) is 1. The van der Waals surface area contributed by atoms with Crippen LogP contribution in [0.2, 0.25) is 0 Å². The summed E-state index contributed by atoms with van der Waals surface area (Å²) in [6.45, 7) is 3.90. The lowest BCUT2D eigenvalue weighted by molar-refractivity contribution is -0.120. The van der Waals surface area contributed by atoms with E-state index < -0.39 is 5.91 Å². The van der Waals surface area contributed by atoms with Crippen molar-refractivity contribution in [3.05, 3.63) is 90.1 Å². The van der Waals surface area contributed by atoms with Gasteiger partial charge in [0.05, 0.1) is 24.5 Å². The van der Waals surface area contributed by atoms with Crippen LogP contribution >= 0.6 is 0 Å². The zero-order valence-corrected chi connectivity index (χ0v) is 18.2. The summed E-state index contributed by atoms with van der Waals surface area (Å²) in [5.41, 5.74) is 2.36. The fraction of sp³-hybridized carbons (Fsp3) is 0.154. The second kappa shape index (κ2) is 8.98. The number of anilines is 2. The molecule has 0 aliphatic carbocycles. The van der Waals surface area contributed by atoms with Crippen molar-refractivity contribution in [2.45, 2.75) is 20.0 Å². The van der Waals surface area contributed by atoms with E-state index in [1.165, 1.54) is 4.90 Å². The van der Waals surface area contributed by atoms with Crippen LogP contribution in [0.3, 0.4) is 0 Å². The van der Waals surface area contributed by atoms with Crippen molar-refractivity contribution in [3.8, 4) is 11.5 Å². The second-order valence-corrected chi connectivity index (χ2v) is 7.58. The van der Waals surface area contributed by atoms with E-state index in [0.29, 0.717) is 34.0 Å². The maximum atomic E-state index is 13.4. The van der Waals surface area contributed by atoms with Gasteiger partial charge in [-0.3, -0.25) is 9.59 Å². The fourth-order valence-electron chi connectivity index (χ4n) is 3.52. The van der Waals surface area contributed by atoms with E-state index >= 15 is 0 Å². The molecule has 0 radical (unpaired) electrons. The Morgan fingerprint density at radius 1 is 0.781 bits per heavy atom. The highest BCUT2D eigenvalue weighted by Crippen LogP contribution is 2.34. The van der Waals surface area contributed by atoms with Gasteiger partial charge in [0.25, 0.3) is 11.8 Å². The molecule has 6 heteroatoms. The Hall–Kier alpha value is -4.06. The summed E-state index contributed by atoms with van der Waals surface area (Å²) in [5, 5.41) is 3.15. The van der Waals surface area contributed by atoms with Crippen LogP contribution < -0.4 is 19.7 Å². The first kappa shape index (κ1) is 21.2. The molecule has 1 aliphatic heterocycles. The summed E-state index contributed by atoms with van der Waals surface area (Å²) < 4.78 is 10.9. The van der Waals surface area contributed by atoms with Gasteiger partial charge in [-0.05, 0) is 67.9 Å². The summed E-state index contributed by atoms with van der Waals surface area (Å²) in [5.74, 6) is 0.611. The van der Waals surface area contributed by atoms with E-state index in [4.69, 9.17) is 9.47 Å². The second-order valence-electron chi connectivity index (χ2n) is 7.58. The van der Waals surface area contributed by atoms with Crippen molar-refractivity contribution in [2.75, 3.05) is 17.3 Å². The van der Waals surface area contributed by atoms with Crippen LogP contribution in [0.4, 0.5) is 11.4 Å². The highest BCUT2D eigenvalue weighted by Gasteiger charge is 2.40. The van der Waals surface area contributed by atoms with E-state index in [-0.39, 0.29) is 17.7 Å². The standard InChI is InChI=1S/C26H24N2O4/c1-17(2)32-22-13-9-18(10-14-22)23-24(27-19-11-15-21(31-3)16-12-19)26(30)28(25(23)29)20-7-5-4-6-8-20/h4-17,27H,1-3H3. The molecule has 0 fully saturated rings. The number of carbonyl (C=O) groups is 2. The Bertz CT molecular complexity index is 1150. The average molecular weight is 428 g/mol. The van der Waals surface area contributed by atoms with Crippen LogP contribution in [0.1, 0.15) is 19.4 Å². The summed E-state index contributed by atoms with van der Waals surface area (Å²) in [4.78, 5) is 28.0. The molecule has 1 N–H and O–H groups in total. The lowest BCUT2D eigenvalue weighted by Gasteiger charge is -2.15. The summed E-state index contributed by atoms with van der Waals surface area (Å²) in [6, 6.07) is 23.3. The molecule has 32 heavy (non-hydrogen) atoms. The van der Waals surface area contributed by atoms with Crippen LogP contribution in [0.25, 0.3) is 5.57 Å². The SMILES string of the molecule is COc1ccc(NC2=C(c3ccc(OC(C)C)cc3)C(=O)N(c3ccccc3)C2=O)cc1. The number of amides is 2. The first-order valence-corrected chi connectivity index (χ1v) is 10.3. The average Bonchev–Trinajstić information content (AvgIpc) is 3.04. The maximum absolute atomic E-state index is 13.4. The third-order valence-corrected chi connectivity index (χ3v) is 4.97. The first-order chi connectivity index (χ1) is 15.5. The van der Waals surface area contributed by atoms with Crippen LogP contribution in [-0.2, 0) is 9.59 Å². The predicted octanol–water partition coefficient (Wildman–Crippen LogP) is 4.88. The van der Waals surface area contributed by atoms with Gasteiger partial charge in [-0.15, -0.1) is 0 Å². The molecule has 2 amide bonds. The molecule has 3 aromatic rings. The van der Waals surface area contributed by atoms with Gasteiger partial charge in [-0.2, -0.15) is 0 Å². The Balaban J connectivity index is 1.75. The predicted molar refractivity (Wildman–Crippen MR) is 125 cm³/mol. The van der Waals surface area contributed by atoms with Crippen molar-refractivity contribution in [3.63, 3.8) is 0 Å². The van der Waals surface area contributed by atoms with Gasteiger partial charge >= 0.3 is 0 Å². The molecule has 0 bridgehead atoms. The summed E-state index contributed by atoms with van der Waals surface area (Å²) >= 11 is 0. The number of carbonyl (C=O) groups excluding carboxylic acids is 2. The summed E-state index contributed by atoms with van der Waals surface area (Å²) in [6.07, 6.45) is 0.0376. The third-order valence-electron chi connectivity index (χ3n) is 4.97. The molecule has 0 atom stereocenters. The molecule has 4 rings (SSSR count). The number of rotatable bonds is 7. The van der Waals surface area contributed by atoms with Crippen LogP contribution in [0.15, 0.2) is 84.6 Å². The number of hydrogen-bond acceptors (Lipinski definition) is 5. The van der Waals surface area contributed by atoms with Crippen LogP contribution in [0, 0.1) is 0 Å². The molecule has 0 unspecified atom stereocenters. The van der Waals surface area contributed by atoms with E-state index in [1.54, 1.807) is 79.9 Å². The highest BCUT2D eigenvalue weighted by atomic mass is 16.5. The monoisotopic (exact) mass is 428 g/mol. The van der Waals surface area contributed by atoms with Crippen molar-refractivity contribution in [2.24, 2.45) is 0 Å².